The average molecular weight is 655 g/mol. The molecule has 6 aromatic carbocycles. The number of hydrogen-bond acceptors (Lipinski definition) is 2. The molecule has 1 aliphatic carbocycles. The third kappa shape index (κ3) is 5.45. The molecule has 0 spiro atoms. The second-order valence-electron chi connectivity index (χ2n) is 14.8. The van der Waals surface area contributed by atoms with E-state index < -0.39 is 0 Å². The third-order valence-electron chi connectivity index (χ3n) is 10.5. The lowest BCUT2D eigenvalue weighted by molar-refractivity contribution is 0.590. The molecular formula is C49H38N2. The van der Waals surface area contributed by atoms with Crippen molar-refractivity contribution in [2.24, 2.45) is 0 Å². The molecule has 2 heterocycles. The van der Waals surface area contributed by atoms with Crippen LogP contribution in [0.3, 0.4) is 0 Å². The minimum Gasteiger partial charge on any atom is -0.265 e. The number of aromatic nitrogens is 2. The summed E-state index contributed by atoms with van der Waals surface area (Å²) in [6, 6.07) is 48.8. The van der Waals surface area contributed by atoms with Crippen molar-refractivity contribution < 1.29 is 0 Å². The Morgan fingerprint density at radius 1 is 0.529 bits per heavy atom. The van der Waals surface area contributed by atoms with Crippen LogP contribution in [0, 0.1) is 0 Å². The molecule has 0 saturated heterocycles. The van der Waals surface area contributed by atoms with Crippen LogP contribution in [0.25, 0.3) is 82.9 Å². The van der Waals surface area contributed by atoms with Gasteiger partial charge in [0.1, 0.15) is 0 Å². The van der Waals surface area contributed by atoms with Crippen LogP contribution >= 0.6 is 0 Å². The summed E-state index contributed by atoms with van der Waals surface area (Å²) in [6.07, 6.45) is 6.38. The van der Waals surface area contributed by atoms with Crippen molar-refractivity contribution in [2.75, 3.05) is 0 Å². The number of nitrogens with zero attached hydrogens (tertiary/aromatic N) is 2. The second kappa shape index (κ2) is 12.0. The van der Waals surface area contributed by atoms with E-state index in [0.29, 0.717) is 0 Å². The Hall–Kier alpha value is -6.12. The first-order valence-electron chi connectivity index (χ1n) is 17.7. The molecule has 2 heteroatoms. The van der Waals surface area contributed by atoms with Gasteiger partial charge in [0.05, 0.1) is 5.69 Å². The highest BCUT2D eigenvalue weighted by Gasteiger charge is 2.26. The maximum atomic E-state index is 4.73. The topological polar surface area (TPSA) is 25.8 Å². The van der Waals surface area contributed by atoms with Gasteiger partial charge in [-0.2, -0.15) is 0 Å². The van der Waals surface area contributed by atoms with Crippen molar-refractivity contribution in [1.82, 2.24) is 9.97 Å². The maximum absolute atomic E-state index is 4.73. The Balaban J connectivity index is 1.21. The van der Waals surface area contributed by atoms with Crippen molar-refractivity contribution in [3.63, 3.8) is 0 Å². The number of rotatable bonds is 5. The molecule has 0 bridgehead atoms. The molecular weight excluding hydrogens is 617 g/mol. The van der Waals surface area contributed by atoms with Gasteiger partial charge in [-0.05, 0) is 130 Å². The fraction of sp³-hybridized carbons (Fsp3) is 0.102. The van der Waals surface area contributed by atoms with Crippen LogP contribution in [0.1, 0.15) is 37.5 Å². The molecule has 0 aliphatic heterocycles. The minimum absolute atomic E-state index is 0.0602. The summed E-state index contributed by atoms with van der Waals surface area (Å²) in [5, 5.41) is 5.25. The van der Waals surface area contributed by atoms with E-state index in [0.717, 1.165) is 17.7 Å². The fourth-order valence-electron chi connectivity index (χ4n) is 7.79. The molecule has 8 aromatic rings. The summed E-state index contributed by atoms with van der Waals surface area (Å²) in [7, 11) is 0. The van der Waals surface area contributed by atoms with Crippen molar-refractivity contribution in [2.45, 2.75) is 32.6 Å². The molecule has 0 atom stereocenters. The average Bonchev–Trinajstić information content (AvgIpc) is 3.17. The molecule has 1 aliphatic rings. The molecule has 0 fully saturated rings. The zero-order chi connectivity index (χ0) is 34.7. The Labute approximate surface area is 299 Å². The third-order valence-corrected chi connectivity index (χ3v) is 10.5. The monoisotopic (exact) mass is 654 g/mol. The number of pyridine rings is 2. The molecule has 0 amide bonds. The molecule has 9 rings (SSSR count). The molecule has 0 unspecified atom stereocenters. The van der Waals surface area contributed by atoms with Crippen LogP contribution in [0.5, 0.6) is 0 Å². The molecule has 244 valence electrons. The maximum Gasteiger partial charge on any atom is 0.0701 e. The number of hydrogen-bond donors (Lipinski definition) is 0. The van der Waals surface area contributed by atoms with Crippen molar-refractivity contribution in [3.05, 3.63) is 175 Å². The zero-order valence-electron chi connectivity index (χ0n) is 29.2. The predicted octanol–water partition coefficient (Wildman–Crippen LogP) is 13.0. The van der Waals surface area contributed by atoms with E-state index in [9.17, 15) is 0 Å². The van der Waals surface area contributed by atoms with Gasteiger partial charge in [0.25, 0.3) is 0 Å². The quantitative estimate of drug-likeness (QED) is 0.173. The fourth-order valence-corrected chi connectivity index (χ4v) is 7.79. The first kappa shape index (κ1) is 30.9. The van der Waals surface area contributed by atoms with E-state index in [-0.39, 0.29) is 5.41 Å². The van der Waals surface area contributed by atoms with Crippen LogP contribution in [0.2, 0.25) is 0 Å². The summed E-state index contributed by atoms with van der Waals surface area (Å²) in [5.41, 5.74) is 16.9. The Kier molecular flexibility index (Phi) is 7.29. The second-order valence-corrected chi connectivity index (χ2v) is 14.8. The Morgan fingerprint density at radius 2 is 1.12 bits per heavy atom. The highest BCUT2D eigenvalue weighted by atomic mass is 14.7. The van der Waals surface area contributed by atoms with Crippen LogP contribution in [0.4, 0.5) is 0 Å². The summed E-state index contributed by atoms with van der Waals surface area (Å²) in [6.45, 7) is 11.6. The van der Waals surface area contributed by atoms with Gasteiger partial charge in [0.15, 0.2) is 0 Å². The van der Waals surface area contributed by atoms with Gasteiger partial charge in [0, 0.05) is 24.2 Å². The van der Waals surface area contributed by atoms with Crippen molar-refractivity contribution >= 4 is 27.1 Å². The molecule has 0 N–H and O–H groups in total. The largest absolute Gasteiger partial charge is 0.265 e. The van der Waals surface area contributed by atoms with Gasteiger partial charge < -0.3 is 0 Å². The van der Waals surface area contributed by atoms with Gasteiger partial charge in [0.2, 0.25) is 0 Å². The first-order chi connectivity index (χ1) is 24.8. The first-order valence-corrected chi connectivity index (χ1v) is 17.7. The van der Waals surface area contributed by atoms with E-state index in [2.05, 4.69) is 140 Å². The van der Waals surface area contributed by atoms with E-state index >= 15 is 0 Å². The van der Waals surface area contributed by atoms with Gasteiger partial charge in [-0.25, -0.2) is 0 Å². The van der Waals surface area contributed by atoms with Crippen LogP contribution < -0.4 is 0 Å². The Bertz CT molecular complexity index is 2590. The van der Waals surface area contributed by atoms with Crippen LogP contribution in [-0.4, -0.2) is 9.97 Å². The molecule has 0 saturated carbocycles. The SMILES string of the molecule is C=C1Cc2cc(C(C)(C)C)cc3ccc4c(-c5ccc(-c6ccc(-c7ccncc7)cc6)cc5)cc(-c5ccc(-c6ccccn6)cc5)c1c4c23. The standard InChI is InChI=1S/C49H38N2/c1-31-27-40-29-41(49(2,3)4)28-39-20-21-42-43(36-14-12-33(13-15-36)32-8-10-34(11-9-32)35-22-25-50-26-23-35)30-44(46(31)48(42)47(39)40)37-16-18-38(19-17-37)45-7-5-6-24-51-45/h5-26,28-30H,1,27H2,2-4H3. The lowest BCUT2D eigenvalue weighted by Gasteiger charge is -2.28. The van der Waals surface area contributed by atoms with Crippen LogP contribution in [0.15, 0.2) is 159 Å². The normalized spacial score (nSPS) is 12.6. The molecule has 51 heavy (non-hydrogen) atoms. The summed E-state index contributed by atoms with van der Waals surface area (Å²) >= 11 is 0. The summed E-state index contributed by atoms with van der Waals surface area (Å²) in [4.78, 5) is 8.75. The highest BCUT2D eigenvalue weighted by molar-refractivity contribution is 6.22. The summed E-state index contributed by atoms with van der Waals surface area (Å²) in [5.74, 6) is 0. The lowest BCUT2D eigenvalue weighted by Crippen LogP contribution is -2.13. The smallest absolute Gasteiger partial charge is 0.0701 e. The lowest BCUT2D eigenvalue weighted by atomic mass is 9.75. The Morgan fingerprint density at radius 3 is 1.73 bits per heavy atom. The van der Waals surface area contributed by atoms with Crippen molar-refractivity contribution in [3.8, 4) is 55.8 Å². The van der Waals surface area contributed by atoms with Crippen molar-refractivity contribution in [1.29, 1.82) is 0 Å². The van der Waals surface area contributed by atoms with E-state index in [1.165, 1.54) is 88.3 Å². The number of benzene rings is 6. The predicted molar refractivity (Wildman–Crippen MR) is 216 cm³/mol. The van der Waals surface area contributed by atoms with Gasteiger partial charge >= 0.3 is 0 Å². The molecule has 0 radical (unpaired) electrons. The van der Waals surface area contributed by atoms with Gasteiger partial charge in [-0.1, -0.05) is 130 Å². The van der Waals surface area contributed by atoms with Gasteiger partial charge in [-0.3, -0.25) is 9.97 Å². The molecule has 2 aromatic heterocycles. The highest BCUT2D eigenvalue weighted by Crippen LogP contribution is 2.49. The number of allylic oxidation sites excluding steroid dienone is 1. The zero-order valence-corrected chi connectivity index (χ0v) is 29.2. The summed E-state index contributed by atoms with van der Waals surface area (Å²) < 4.78 is 0. The van der Waals surface area contributed by atoms with E-state index in [1.807, 2.05) is 42.9 Å². The minimum atomic E-state index is 0.0602. The molecule has 2 nitrogen and oxygen atoms in total. The van der Waals surface area contributed by atoms with E-state index in [4.69, 9.17) is 6.58 Å². The van der Waals surface area contributed by atoms with Crippen LogP contribution in [-0.2, 0) is 11.8 Å². The van der Waals surface area contributed by atoms with Gasteiger partial charge in [-0.15, -0.1) is 0 Å². The van der Waals surface area contributed by atoms with E-state index in [1.54, 1.807) is 0 Å².